The fourth-order valence-corrected chi connectivity index (χ4v) is 2.94. The molecule has 18 heavy (non-hydrogen) atoms. The van der Waals surface area contributed by atoms with Crippen molar-refractivity contribution in [3.05, 3.63) is 30.1 Å². The highest BCUT2D eigenvalue weighted by Gasteiger charge is 2.23. The van der Waals surface area contributed by atoms with Gasteiger partial charge >= 0.3 is 0 Å². The van der Waals surface area contributed by atoms with Gasteiger partial charge in [-0.05, 0) is 55.8 Å². The molecule has 1 aliphatic heterocycles. The predicted molar refractivity (Wildman–Crippen MR) is 76.3 cm³/mol. The minimum absolute atomic E-state index is 0.480. The van der Waals surface area contributed by atoms with Gasteiger partial charge in [0.1, 0.15) is 0 Å². The molecule has 1 fully saturated rings. The van der Waals surface area contributed by atoms with Crippen LogP contribution in [0.1, 0.15) is 45.7 Å². The Morgan fingerprint density at radius 2 is 1.94 bits per heavy atom. The third-order valence-electron chi connectivity index (χ3n) is 3.72. The summed E-state index contributed by atoms with van der Waals surface area (Å²) in [7, 11) is 0. The van der Waals surface area contributed by atoms with Crippen molar-refractivity contribution < 1.29 is 0 Å². The fourth-order valence-electron chi connectivity index (χ4n) is 2.94. The number of pyridine rings is 1. The highest BCUT2D eigenvalue weighted by atomic mass is 15.1. The lowest BCUT2D eigenvalue weighted by atomic mass is 9.80. The summed E-state index contributed by atoms with van der Waals surface area (Å²) in [6.45, 7) is 10.5. The minimum Gasteiger partial charge on any atom is -0.297 e. The lowest BCUT2D eigenvalue weighted by molar-refractivity contribution is 0.146. The number of aromatic nitrogens is 1. The molecule has 2 nitrogen and oxygen atoms in total. The summed E-state index contributed by atoms with van der Waals surface area (Å²) in [5.74, 6) is 0.921. The quantitative estimate of drug-likeness (QED) is 0.808. The van der Waals surface area contributed by atoms with Gasteiger partial charge in [0, 0.05) is 12.7 Å². The van der Waals surface area contributed by atoms with Gasteiger partial charge in [-0.2, -0.15) is 0 Å². The second kappa shape index (κ2) is 5.83. The molecule has 0 aromatic carbocycles. The van der Waals surface area contributed by atoms with Crippen molar-refractivity contribution in [3.63, 3.8) is 0 Å². The minimum atomic E-state index is 0.480. The maximum Gasteiger partial charge on any atom is 0.0543 e. The van der Waals surface area contributed by atoms with E-state index in [1.807, 2.05) is 12.3 Å². The number of rotatable bonds is 3. The van der Waals surface area contributed by atoms with Crippen molar-refractivity contribution in [2.75, 3.05) is 13.1 Å². The molecular formula is C16H26N2. The zero-order chi connectivity index (χ0) is 13.0. The van der Waals surface area contributed by atoms with E-state index in [4.69, 9.17) is 0 Å². The highest BCUT2D eigenvalue weighted by molar-refractivity contribution is 5.03. The van der Waals surface area contributed by atoms with E-state index in [-0.39, 0.29) is 0 Å². The van der Waals surface area contributed by atoms with Gasteiger partial charge in [-0.15, -0.1) is 0 Å². The predicted octanol–water partition coefficient (Wildman–Crippen LogP) is 3.73. The van der Waals surface area contributed by atoms with E-state index in [2.05, 4.69) is 42.8 Å². The van der Waals surface area contributed by atoms with Gasteiger partial charge in [0.2, 0.25) is 0 Å². The van der Waals surface area contributed by atoms with Crippen molar-refractivity contribution in [1.82, 2.24) is 9.88 Å². The van der Waals surface area contributed by atoms with E-state index in [1.54, 1.807) is 0 Å². The van der Waals surface area contributed by atoms with Gasteiger partial charge in [-0.25, -0.2) is 0 Å². The number of nitrogens with zero attached hydrogens (tertiary/aromatic N) is 2. The maximum atomic E-state index is 4.41. The number of likely N-dealkylation sites (tertiary alicyclic amines) is 1. The molecule has 2 rings (SSSR count). The third-order valence-corrected chi connectivity index (χ3v) is 3.72. The van der Waals surface area contributed by atoms with Gasteiger partial charge in [0.15, 0.2) is 0 Å². The third kappa shape index (κ3) is 4.41. The van der Waals surface area contributed by atoms with Crippen LogP contribution < -0.4 is 0 Å². The van der Waals surface area contributed by atoms with Gasteiger partial charge < -0.3 is 0 Å². The summed E-state index contributed by atoms with van der Waals surface area (Å²) in [5.41, 5.74) is 1.68. The lowest BCUT2D eigenvalue weighted by Crippen LogP contribution is -2.34. The average molecular weight is 246 g/mol. The first-order valence-electron chi connectivity index (χ1n) is 7.15. The Morgan fingerprint density at radius 1 is 1.22 bits per heavy atom. The van der Waals surface area contributed by atoms with E-state index >= 15 is 0 Å². The van der Waals surface area contributed by atoms with Crippen LogP contribution >= 0.6 is 0 Å². The molecule has 1 aromatic rings. The topological polar surface area (TPSA) is 16.1 Å². The number of hydrogen-bond donors (Lipinski definition) is 0. The van der Waals surface area contributed by atoms with E-state index in [0.29, 0.717) is 5.41 Å². The first-order chi connectivity index (χ1) is 8.53. The molecule has 2 heterocycles. The first-order valence-corrected chi connectivity index (χ1v) is 7.15. The van der Waals surface area contributed by atoms with E-state index in [9.17, 15) is 0 Å². The summed E-state index contributed by atoms with van der Waals surface area (Å²) in [6, 6.07) is 6.19. The number of piperidine rings is 1. The maximum absolute atomic E-state index is 4.41. The molecule has 0 unspecified atom stereocenters. The SMILES string of the molecule is CC(C)(C)CC1CCN(Cc2ccccn2)CC1. The smallest absolute Gasteiger partial charge is 0.0543 e. The van der Waals surface area contributed by atoms with Crippen LogP contribution in [0.25, 0.3) is 0 Å². The van der Waals surface area contributed by atoms with Crippen LogP contribution in [0.2, 0.25) is 0 Å². The van der Waals surface area contributed by atoms with Crippen LogP contribution in [0.15, 0.2) is 24.4 Å². The molecule has 1 aliphatic rings. The molecule has 100 valence electrons. The van der Waals surface area contributed by atoms with Crippen LogP contribution in [0.5, 0.6) is 0 Å². The molecule has 1 saturated heterocycles. The van der Waals surface area contributed by atoms with Crippen molar-refractivity contribution in [1.29, 1.82) is 0 Å². The zero-order valence-electron chi connectivity index (χ0n) is 12.0. The molecule has 0 aliphatic carbocycles. The standard InChI is InChI=1S/C16H26N2/c1-16(2,3)12-14-7-10-18(11-8-14)13-15-6-4-5-9-17-15/h4-6,9,14H,7-8,10-13H2,1-3H3. The Hall–Kier alpha value is -0.890. The van der Waals surface area contributed by atoms with Crippen molar-refractivity contribution in [2.24, 2.45) is 11.3 Å². The normalized spacial score (nSPS) is 19.1. The van der Waals surface area contributed by atoms with Gasteiger partial charge in [-0.3, -0.25) is 9.88 Å². The molecule has 0 bridgehead atoms. The Morgan fingerprint density at radius 3 is 2.50 bits per heavy atom. The molecule has 0 radical (unpaired) electrons. The molecule has 1 aromatic heterocycles. The monoisotopic (exact) mass is 246 g/mol. The van der Waals surface area contributed by atoms with Crippen LogP contribution in [0.3, 0.4) is 0 Å². The summed E-state index contributed by atoms with van der Waals surface area (Å²) in [4.78, 5) is 6.95. The second-order valence-corrected chi connectivity index (χ2v) is 6.81. The Kier molecular flexibility index (Phi) is 4.39. The number of hydrogen-bond acceptors (Lipinski definition) is 2. The first kappa shape index (κ1) is 13.5. The lowest BCUT2D eigenvalue weighted by Gasteiger charge is -2.34. The molecule has 0 atom stereocenters. The van der Waals surface area contributed by atoms with Gasteiger partial charge in [0.05, 0.1) is 5.69 Å². The van der Waals surface area contributed by atoms with Crippen molar-refractivity contribution in [3.8, 4) is 0 Å². The molecule has 2 heteroatoms. The second-order valence-electron chi connectivity index (χ2n) is 6.81. The zero-order valence-corrected chi connectivity index (χ0v) is 12.0. The van der Waals surface area contributed by atoms with Crippen LogP contribution in [0, 0.1) is 11.3 Å². The molecule has 0 spiro atoms. The van der Waals surface area contributed by atoms with E-state index in [0.717, 1.165) is 12.5 Å². The Labute approximate surface area is 111 Å². The molecule has 0 saturated carbocycles. The molecule has 0 N–H and O–H groups in total. The van der Waals surface area contributed by atoms with E-state index in [1.165, 1.54) is 38.0 Å². The summed E-state index contributed by atoms with van der Waals surface area (Å²) >= 11 is 0. The van der Waals surface area contributed by atoms with Crippen LogP contribution in [-0.4, -0.2) is 23.0 Å². The highest BCUT2D eigenvalue weighted by Crippen LogP contribution is 2.31. The largest absolute Gasteiger partial charge is 0.297 e. The molecular weight excluding hydrogens is 220 g/mol. The van der Waals surface area contributed by atoms with Gasteiger partial charge in [0.25, 0.3) is 0 Å². The summed E-state index contributed by atoms with van der Waals surface area (Å²) < 4.78 is 0. The molecule has 0 amide bonds. The fraction of sp³-hybridized carbons (Fsp3) is 0.688. The Bertz CT molecular complexity index is 345. The Balaban J connectivity index is 1.77. The summed E-state index contributed by atoms with van der Waals surface area (Å²) in [5, 5.41) is 0. The average Bonchev–Trinajstić information content (AvgIpc) is 2.31. The van der Waals surface area contributed by atoms with E-state index < -0.39 is 0 Å². The van der Waals surface area contributed by atoms with Crippen molar-refractivity contribution >= 4 is 0 Å². The van der Waals surface area contributed by atoms with Crippen LogP contribution in [0.4, 0.5) is 0 Å². The van der Waals surface area contributed by atoms with Gasteiger partial charge in [-0.1, -0.05) is 26.8 Å². The van der Waals surface area contributed by atoms with Crippen LogP contribution in [-0.2, 0) is 6.54 Å². The summed E-state index contributed by atoms with van der Waals surface area (Å²) in [6.07, 6.45) is 5.96. The van der Waals surface area contributed by atoms with Crippen molar-refractivity contribution in [2.45, 2.75) is 46.6 Å².